The van der Waals surface area contributed by atoms with Crippen molar-refractivity contribution in [2.24, 2.45) is 0 Å². The van der Waals surface area contributed by atoms with E-state index in [1.54, 1.807) is 6.07 Å². The minimum Gasteiger partial charge on any atom is -0.360 e. The molecule has 1 aliphatic rings. The lowest BCUT2D eigenvalue weighted by molar-refractivity contribution is 0.354. The minimum absolute atomic E-state index is 0.0464. The van der Waals surface area contributed by atoms with Crippen LogP contribution in [0, 0.1) is 12.7 Å². The molecule has 0 amide bonds. The first-order valence-corrected chi connectivity index (χ1v) is 10.7. The average Bonchev–Trinajstić information content (AvgIpc) is 3.38. The Balaban J connectivity index is 1.45. The molecule has 2 atom stereocenters. The van der Waals surface area contributed by atoms with Gasteiger partial charge in [-0.2, -0.15) is 5.10 Å². The van der Waals surface area contributed by atoms with Gasteiger partial charge in [0.1, 0.15) is 16.8 Å². The SMILES string of the molecule is Cc1ccn(CCN2C(C)c3cc(-c4c[nH]c5cc(F)ccc45)ccc3S2=O)n1. The van der Waals surface area contributed by atoms with Gasteiger partial charge in [-0.3, -0.25) is 4.68 Å². The third-order valence-corrected chi connectivity index (χ3v) is 7.24. The molecule has 2 unspecified atom stereocenters. The summed E-state index contributed by atoms with van der Waals surface area (Å²) < 4.78 is 30.4. The van der Waals surface area contributed by atoms with Crippen molar-refractivity contribution >= 4 is 21.9 Å². The third kappa shape index (κ3) is 3.10. The van der Waals surface area contributed by atoms with Crippen molar-refractivity contribution < 1.29 is 8.60 Å². The van der Waals surface area contributed by atoms with Crippen LogP contribution in [0.3, 0.4) is 0 Å². The zero-order chi connectivity index (χ0) is 20.1. The van der Waals surface area contributed by atoms with Crippen molar-refractivity contribution in [1.29, 1.82) is 0 Å². The van der Waals surface area contributed by atoms with Crippen molar-refractivity contribution in [2.45, 2.75) is 31.3 Å². The second kappa shape index (κ2) is 6.93. The Morgan fingerprint density at radius 3 is 2.83 bits per heavy atom. The Labute approximate surface area is 170 Å². The zero-order valence-electron chi connectivity index (χ0n) is 16.2. The van der Waals surface area contributed by atoms with Gasteiger partial charge in [-0.05, 0) is 61.4 Å². The summed E-state index contributed by atoms with van der Waals surface area (Å²) in [5.74, 6) is -0.258. The summed E-state index contributed by atoms with van der Waals surface area (Å²) in [5, 5.41) is 5.39. The maximum absolute atomic E-state index is 13.5. The summed E-state index contributed by atoms with van der Waals surface area (Å²) in [6, 6.07) is 12.9. The number of halogens is 1. The van der Waals surface area contributed by atoms with Gasteiger partial charge < -0.3 is 4.98 Å². The minimum atomic E-state index is -1.18. The lowest BCUT2D eigenvalue weighted by Crippen LogP contribution is -2.27. The maximum Gasteiger partial charge on any atom is 0.128 e. The van der Waals surface area contributed by atoms with Crippen LogP contribution in [0.25, 0.3) is 22.0 Å². The number of rotatable bonds is 4. The van der Waals surface area contributed by atoms with E-state index in [4.69, 9.17) is 0 Å². The molecule has 0 fully saturated rings. The molecule has 2 aromatic carbocycles. The van der Waals surface area contributed by atoms with Gasteiger partial charge in [0.05, 0.1) is 17.1 Å². The Bertz CT molecular complexity index is 1240. The van der Waals surface area contributed by atoms with Gasteiger partial charge in [-0.1, -0.05) is 6.07 Å². The lowest BCUT2D eigenvalue weighted by Gasteiger charge is -2.19. The van der Waals surface area contributed by atoms with Crippen molar-refractivity contribution in [3.05, 3.63) is 71.9 Å². The van der Waals surface area contributed by atoms with Crippen LogP contribution in [0.2, 0.25) is 0 Å². The van der Waals surface area contributed by atoms with E-state index >= 15 is 0 Å². The number of fused-ring (bicyclic) bond motifs is 2. The molecule has 1 N–H and O–H groups in total. The van der Waals surface area contributed by atoms with Gasteiger partial charge in [0.25, 0.3) is 0 Å². The fraction of sp³-hybridized carbons (Fsp3) is 0.227. The largest absolute Gasteiger partial charge is 0.360 e. The van der Waals surface area contributed by atoms with Crippen LogP contribution < -0.4 is 0 Å². The molecule has 0 saturated heterocycles. The van der Waals surface area contributed by atoms with Gasteiger partial charge in [0.2, 0.25) is 0 Å². The molecule has 4 aromatic rings. The number of nitrogens with one attached hydrogen (secondary N) is 1. The fourth-order valence-corrected chi connectivity index (χ4v) is 5.55. The molecule has 0 radical (unpaired) electrons. The van der Waals surface area contributed by atoms with Crippen LogP contribution in [-0.4, -0.2) is 29.8 Å². The number of benzene rings is 2. The number of hydrogen-bond donors (Lipinski definition) is 1. The molecule has 148 valence electrons. The van der Waals surface area contributed by atoms with Crippen LogP contribution in [0.5, 0.6) is 0 Å². The first-order chi connectivity index (χ1) is 14.0. The van der Waals surface area contributed by atoms with Gasteiger partial charge in [-0.25, -0.2) is 12.9 Å². The fourth-order valence-electron chi connectivity index (χ4n) is 4.03. The summed E-state index contributed by atoms with van der Waals surface area (Å²) in [6.45, 7) is 5.40. The average molecular weight is 409 g/mol. The van der Waals surface area contributed by atoms with Crippen LogP contribution in [0.4, 0.5) is 4.39 Å². The number of aryl methyl sites for hydroxylation is 1. The molecule has 1 aliphatic heterocycles. The predicted molar refractivity (Wildman–Crippen MR) is 112 cm³/mol. The maximum atomic E-state index is 13.5. The second-order valence-corrected chi connectivity index (χ2v) is 8.84. The lowest BCUT2D eigenvalue weighted by atomic mass is 9.99. The molecule has 0 spiro atoms. The molecule has 29 heavy (non-hydrogen) atoms. The summed E-state index contributed by atoms with van der Waals surface area (Å²) >= 11 is 0. The molecule has 0 bridgehead atoms. The molecule has 0 aliphatic carbocycles. The van der Waals surface area contributed by atoms with Crippen LogP contribution >= 0.6 is 0 Å². The van der Waals surface area contributed by atoms with E-state index in [-0.39, 0.29) is 11.9 Å². The number of H-pyrrole nitrogens is 1. The van der Waals surface area contributed by atoms with Gasteiger partial charge in [0, 0.05) is 41.4 Å². The highest BCUT2D eigenvalue weighted by Crippen LogP contribution is 2.40. The highest BCUT2D eigenvalue weighted by atomic mass is 32.2. The monoisotopic (exact) mass is 408 g/mol. The molecule has 5 nitrogen and oxygen atoms in total. The standard InChI is InChI=1S/C22H21FN4OS/c1-14-7-8-26(25-14)9-10-27-15(2)19-11-16(3-6-22(19)29(27)28)20-13-24-21-12-17(23)4-5-18(20)21/h3-8,11-13,15,24H,9-10H2,1-2H3. The van der Waals surface area contributed by atoms with Crippen LogP contribution in [-0.2, 0) is 17.5 Å². The number of nitrogens with zero attached hydrogens (tertiary/aromatic N) is 3. The Kier molecular flexibility index (Phi) is 4.37. The first kappa shape index (κ1) is 18.3. The summed E-state index contributed by atoms with van der Waals surface area (Å²) in [4.78, 5) is 4.01. The van der Waals surface area contributed by atoms with Crippen LogP contribution in [0.1, 0.15) is 24.2 Å². The summed E-state index contributed by atoms with van der Waals surface area (Å²) in [7, 11) is -1.18. The first-order valence-electron chi connectivity index (χ1n) is 9.61. The molecular formula is C22H21FN4OS. The highest BCUT2D eigenvalue weighted by Gasteiger charge is 2.33. The van der Waals surface area contributed by atoms with E-state index in [0.717, 1.165) is 38.2 Å². The van der Waals surface area contributed by atoms with E-state index in [9.17, 15) is 8.60 Å². The van der Waals surface area contributed by atoms with E-state index in [2.05, 4.69) is 23.1 Å². The van der Waals surface area contributed by atoms with Crippen molar-refractivity contribution in [3.8, 4) is 11.1 Å². The van der Waals surface area contributed by atoms with Crippen molar-refractivity contribution in [3.63, 3.8) is 0 Å². The van der Waals surface area contributed by atoms with E-state index in [1.165, 1.54) is 12.1 Å². The van der Waals surface area contributed by atoms with Gasteiger partial charge >= 0.3 is 0 Å². The van der Waals surface area contributed by atoms with Crippen molar-refractivity contribution in [2.75, 3.05) is 6.54 Å². The van der Waals surface area contributed by atoms with E-state index in [0.29, 0.717) is 13.1 Å². The predicted octanol–water partition coefficient (Wildman–Crippen LogP) is 4.58. The third-order valence-electron chi connectivity index (χ3n) is 5.57. The molecule has 7 heteroatoms. The number of aromatic nitrogens is 3. The molecule has 5 rings (SSSR count). The van der Waals surface area contributed by atoms with Gasteiger partial charge in [0.15, 0.2) is 0 Å². The smallest absolute Gasteiger partial charge is 0.128 e. The topological polar surface area (TPSA) is 53.9 Å². The molecule has 0 saturated carbocycles. The number of hydrogen-bond acceptors (Lipinski definition) is 2. The summed E-state index contributed by atoms with van der Waals surface area (Å²) in [5.41, 5.74) is 4.88. The quantitative estimate of drug-likeness (QED) is 0.537. The van der Waals surface area contributed by atoms with E-state index in [1.807, 2.05) is 46.5 Å². The Morgan fingerprint density at radius 1 is 1.17 bits per heavy atom. The Hall–Kier alpha value is -2.77. The highest BCUT2D eigenvalue weighted by molar-refractivity contribution is 7.83. The summed E-state index contributed by atoms with van der Waals surface area (Å²) in [6.07, 6.45) is 3.85. The number of aromatic amines is 1. The van der Waals surface area contributed by atoms with Crippen LogP contribution in [0.15, 0.2) is 59.8 Å². The molecular weight excluding hydrogens is 387 g/mol. The molecule has 3 heterocycles. The zero-order valence-corrected chi connectivity index (χ0v) is 17.0. The Morgan fingerprint density at radius 2 is 2.03 bits per heavy atom. The van der Waals surface area contributed by atoms with Gasteiger partial charge in [-0.15, -0.1) is 0 Å². The second-order valence-electron chi connectivity index (χ2n) is 7.43. The molecule has 2 aromatic heterocycles. The van der Waals surface area contributed by atoms with Crippen molar-refractivity contribution in [1.82, 2.24) is 19.1 Å². The van der Waals surface area contributed by atoms with E-state index < -0.39 is 11.0 Å². The normalized spacial score (nSPS) is 19.1.